The summed E-state index contributed by atoms with van der Waals surface area (Å²) in [6, 6.07) is 9.46. The molecular formula is C27H41N3O7S. The Morgan fingerprint density at radius 1 is 1.00 bits per heavy atom. The molecule has 10 nitrogen and oxygen atoms in total. The van der Waals surface area contributed by atoms with E-state index in [-0.39, 0.29) is 49.0 Å². The molecule has 1 saturated heterocycles. The van der Waals surface area contributed by atoms with Crippen molar-refractivity contribution in [1.82, 2.24) is 16.0 Å². The van der Waals surface area contributed by atoms with Crippen molar-refractivity contribution in [2.75, 3.05) is 38.5 Å². The van der Waals surface area contributed by atoms with Gasteiger partial charge in [-0.3, -0.25) is 19.2 Å². The molecule has 3 N–H and O–H groups in total. The molecule has 0 saturated carbocycles. The fraction of sp³-hybridized carbons (Fsp3) is 0.630. The van der Waals surface area contributed by atoms with Crippen LogP contribution in [0.5, 0.6) is 0 Å². The van der Waals surface area contributed by atoms with Crippen LogP contribution in [0.1, 0.15) is 52.5 Å². The van der Waals surface area contributed by atoms with Crippen LogP contribution in [0.3, 0.4) is 0 Å². The van der Waals surface area contributed by atoms with Crippen molar-refractivity contribution in [3.8, 4) is 0 Å². The Labute approximate surface area is 229 Å². The molecule has 0 radical (unpaired) electrons. The second-order valence-corrected chi connectivity index (χ2v) is 11.4. The van der Waals surface area contributed by atoms with E-state index >= 15 is 0 Å². The average Bonchev–Trinajstić information content (AvgIpc) is 2.87. The van der Waals surface area contributed by atoms with E-state index in [0.29, 0.717) is 38.3 Å². The fourth-order valence-electron chi connectivity index (χ4n) is 3.57. The van der Waals surface area contributed by atoms with Crippen LogP contribution in [-0.4, -0.2) is 73.3 Å². The molecule has 2 amide bonds. The molecule has 1 aromatic rings. The van der Waals surface area contributed by atoms with Gasteiger partial charge in [-0.1, -0.05) is 55.9 Å². The Morgan fingerprint density at radius 2 is 1.74 bits per heavy atom. The standard InChI is InChI=1S/C27H41N3O7S/c1-26(2)19-36-27(3,4)37-24(26)25(34)30-14-12-21(31)29-15-16-38-23(33)11-8-13-28-17-22(32)35-18-20-9-6-5-7-10-20/h5-7,9-10,24,28H,8,11-19H2,1-4H3,(H,29,31)(H,30,34)/t24-/m0/s1. The second-order valence-electron chi connectivity index (χ2n) is 10.2. The Balaban J connectivity index is 1.46. The highest BCUT2D eigenvalue weighted by molar-refractivity contribution is 8.13. The van der Waals surface area contributed by atoms with Gasteiger partial charge < -0.3 is 30.2 Å². The minimum absolute atomic E-state index is 0.0296. The molecule has 1 heterocycles. The smallest absolute Gasteiger partial charge is 0.320 e. The van der Waals surface area contributed by atoms with Crippen LogP contribution in [0.25, 0.3) is 0 Å². The van der Waals surface area contributed by atoms with E-state index < -0.39 is 17.3 Å². The molecule has 1 fully saturated rings. The molecule has 0 aliphatic carbocycles. The Kier molecular flexibility index (Phi) is 13.2. The van der Waals surface area contributed by atoms with E-state index in [9.17, 15) is 19.2 Å². The van der Waals surface area contributed by atoms with Crippen molar-refractivity contribution >= 4 is 34.7 Å². The lowest BCUT2D eigenvalue weighted by molar-refractivity contribution is -0.304. The van der Waals surface area contributed by atoms with Gasteiger partial charge >= 0.3 is 5.97 Å². The van der Waals surface area contributed by atoms with Gasteiger partial charge in [0.2, 0.25) is 11.8 Å². The summed E-state index contributed by atoms with van der Waals surface area (Å²) in [7, 11) is 0. The third kappa shape index (κ3) is 12.4. The van der Waals surface area contributed by atoms with Crippen LogP contribution >= 0.6 is 11.8 Å². The predicted octanol–water partition coefficient (Wildman–Crippen LogP) is 2.16. The summed E-state index contributed by atoms with van der Waals surface area (Å²) in [4.78, 5) is 48.4. The number of benzene rings is 1. The summed E-state index contributed by atoms with van der Waals surface area (Å²) in [5, 5.41) is 8.53. The van der Waals surface area contributed by atoms with Gasteiger partial charge in [0.25, 0.3) is 0 Å². The normalized spacial score (nSPS) is 17.8. The van der Waals surface area contributed by atoms with Crippen LogP contribution < -0.4 is 16.0 Å². The quantitative estimate of drug-likeness (QED) is 0.222. The number of esters is 1. The molecule has 1 atom stereocenters. The number of rotatable bonds is 15. The maximum Gasteiger partial charge on any atom is 0.320 e. The highest BCUT2D eigenvalue weighted by atomic mass is 32.2. The lowest BCUT2D eigenvalue weighted by Gasteiger charge is -2.44. The molecule has 1 aliphatic rings. The summed E-state index contributed by atoms with van der Waals surface area (Å²) in [6.45, 7) is 9.16. The molecule has 0 aromatic heterocycles. The van der Waals surface area contributed by atoms with Gasteiger partial charge in [0.1, 0.15) is 12.7 Å². The first-order chi connectivity index (χ1) is 18.0. The van der Waals surface area contributed by atoms with Gasteiger partial charge in [0.15, 0.2) is 10.9 Å². The van der Waals surface area contributed by atoms with E-state index in [4.69, 9.17) is 14.2 Å². The van der Waals surface area contributed by atoms with Crippen molar-refractivity contribution in [2.24, 2.45) is 5.41 Å². The average molecular weight is 552 g/mol. The highest BCUT2D eigenvalue weighted by Crippen LogP contribution is 2.34. The fourth-order valence-corrected chi connectivity index (χ4v) is 4.29. The number of hydrogen-bond donors (Lipinski definition) is 3. The highest BCUT2D eigenvalue weighted by Gasteiger charge is 2.45. The molecule has 0 unspecified atom stereocenters. The molecule has 212 valence electrons. The summed E-state index contributed by atoms with van der Waals surface area (Å²) < 4.78 is 16.6. The van der Waals surface area contributed by atoms with Crippen molar-refractivity contribution in [3.05, 3.63) is 35.9 Å². The Morgan fingerprint density at radius 3 is 2.47 bits per heavy atom. The van der Waals surface area contributed by atoms with E-state index in [2.05, 4.69) is 16.0 Å². The predicted molar refractivity (Wildman–Crippen MR) is 145 cm³/mol. The molecule has 1 aromatic carbocycles. The lowest BCUT2D eigenvalue weighted by atomic mass is 9.85. The van der Waals surface area contributed by atoms with Crippen LogP contribution in [0.4, 0.5) is 0 Å². The summed E-state index contributed by atoms with van der Waals surface area (Å²) in [5.74, 6) is -1.17. The third-order valence-electron chi connectivity index (χ3n) is 5.73. The van der Waals surface area contributed by atoms with Gasteiger partial charge in [0.05, 0.1) is 13.2 Å². The molecule has 1 aliphatic heterocycles. The molecule has 38 heavy (non-hydrogen) atoms. The zero-order valence-electron chi connectivity index (χ0n) is 22.8. The van der Waals surface area contributed by atoms with E-state index in [1.807, 2.05) is 44.2 Å². The molecular weight excluding hydrogens is 510 g/mol. The number of ether oxygens (including phenoxy) is 3. The van der Waals surface area contributed by atoms with Gasteiger partial charge in [-0.05, 0) is 32.4 Å². The zero-order valence-corrected chi connectivity index (χ0v) is 23.6. The number of nitrogens with one attached hydrogen (secondary N) is 3. The topological polar surface area (TPSA) is 132 Å². The number of carbonyl (C=O) groups is 4. The molecule has 11 heteroatoms. The van der Waals surface area contributed by atoms with E-state index in [1.54, 1.807) is 13.8 Å². The SMILES string of the molecule is CC1(C)OCC(C)(C)[C@H](C(=O)NCCC(=O)NCCSC(=O)CCCNCC(=O)OCc2ccccc2)O1. The first-order valence-corrected chi connectivity index (χ1v) is 13.9. The monoisotopic (exact) mass is 551 g/mol. The van der Waals surface area contributed by atoms with Crippen molar-refractivity contribution in [3.63, 3.8) is 0 Å². The number of amides is 2. The largest absolute Gasteiger partial charge is 0.460 e. The zero-order chi connectivity index (χ0) is 28.0. The first kappa shape index (κ1) is 31.7. The first-order valence-electron chi connectivity index (χ1n) is 12.9. The second kappa shape index (κ2) is 15.8. The molecule has 2 rings (SSSR count). The maximum atomic E-state index is 12.6. The summed E-state index contributed by atoms with van der Waals surface area (Å²) in [5.41, 5.74) is 0.455. The van der Waals surface area contributed by atoms with Crippen LogP contribution in [0.2, 0.25) is 0 Å². The summed E-state index contributed by atoms with van der Waals surface area (Å²) >= 11 is 1.16. The number of thioether (sulfide) groups is 1. The van der Waals surface area contributed by atoms with Gasteiger partial charge in [-0.15, -0.1) is 0 Å². The van der Waals surface area contributed by atoms with Crippen LogP contribution in [-0.2, 0) is 40.0 Å². The minimum Gasteiger partial charge on any atom is -0.460 e. The Hall–Kier alpha value is -2.47. The van der Waals surface area contributed by atoms with Crippen molar-refractivity contribution in [1.29, 1.82) is 0 Å². The minimum atomic E-state index is -0.836. The van der Waals surface area contributed by atoms with Crippen molar-refractivity contribution < 1.29 is 33.4 Å². The van der Waals surface area contributed by atoms with Crippen LogP contribution in [0, 0.1) is 5.41 Å². The third-order valence-corrected chi connectivity index (χ3v) is 6.66. The van der Waals surface area contributed by atoms with E-state index in [1.165, 1.54) is 0 Å². The Bertz CT molecular complexity index is 925. The number of carbonyl (C=O) groups excluding carboxylic acids is 4. The maximum absolute atomic E-state index is 12.6. The van der Waals surface area contributed by atoms with Gasteiger partial charge in [-0.2, -0.15) is 0 Å². The summed E-state index contributed by atoms with van der Waals surface area (Å²) in [6.07, 6.45) is 0.448. The van der Waals surface area contributed by atoms with Gasteiger partial charge in [-0.25, -0.2) is 0 Å². The van der Waals surface area contributed by atoms with Gasteiger partial charge in [0, 0.05) is 37.1 Å². The van der Waals surface area contributed by atoms with Crippen molar-refractivity contribution in [2.45, 2.75) is 65.5 Å². The van der Waals surface area contributed by atoms with E-state index in [0.717, 1.165) is 17.3 Å². The number of hydrogen-bond acceptors (Lipinski definition) is 9. The molecule has 0 spiro atoms. The lowest BCUT2D eigenvalue weighted by Crippen LogP contribution is -2.56. The van der Waals surface area contributed by atoms with Crippen LogP contribution in [0.15, 0.2) is 30.3 Å². The molecule has 0 bridgehead atoms.